The lowest BCUT2D eigenvalue weighted by atomic mass is 9.98. The zero-order valence-corrected chi connectivity index (χ0v) is 11.3. The van der Waals surface area contributed by atoms with Gasteiger partial charge in [0.2, 0.25) is 0 Å². The van der Waals surface area contributed by atoms with Gasteiger partial charge in [-0.15, -0.1) is 0 Å². The molecule has 1 aromatic rings. The van der Waals surface area contributed by atoms with Crippen LogP contribution in [0.5, 0.6) is 0 Å². The van der Waals surface area contributed by atoms with Crippen LogP contribution in [-0.2, 0) is 4.79 Å². The van der Waals surface area contributed by atoms with E-state index in [0.29, 0.717) is 6.54 Å². The summed E-state index contributed by atoms with van der Waals surface area (Å²) in [6, 6.07) is 7.65. The van der Waals surface area contributed by atoms with Gasteiger partial charge in [-0.05, 0) is 24.5 Å². The third kappa shape index (κ3) is 2.24. The first-order valence-corrected chi connectivity index (χ1v) is 7.04. The Kier molecular flexibility index (Phi) is 3.34. The van der Waals surface area contributed by atoms with Crippen LogP contribution >= 0.6 is 0 Å². The summed E-state index contributed by atoms with van der Waals surface area (Å²) >= 11 is 0. The minimum absolute atomic E-state index is 0.0165. The summed E-state index contributed by atoms with van der Waals surface area (Å²) in [5.41, 5.74) is 1.85. The van der Waals surface area contributed by atoms with Gasteiger partial charge >= 0.3 is 12.0 Å². The molecule has 2 aliphatic heterocycles. The Hall–Kier alpha value is -2.04. The predicted molar refractivity (Wildman–Crippen MR) is 75.0 cm³/mol. The van der Waals surface area contributed by atoms with Crippen molar-refractivity contribution < 1.29 is 14.7 Å². The summed E-state index contributed by atoms with van der Waals surface area (Å²) in [7, 11) is 0. The Morgan fingerprint density at radius 3 is 2.60 bits per heavy atom. The zero-order chi connectivity index (χ0) is 14.1. The fourth-order valence-corrected chi connectivity index (χ4v) is 3.14. The van der Waals surface area contributed by atoms with Crippen LogP contribution in [0.1, 0.15) is 30.7 Å². The molecule has 1 saturated heterocycles. The molecule has 1 N–H and O–H groups in total. The standard InChI is InChI=1S/C15H18N2O3/c18-14(19)9-11-10-17(13-6-2-1-5-12(11)13)15(20)16-7-3-4-8-16/h1-2,5-6,11H,3-4,7-10H2,(H,18,19). The molecule has 5 nitrogen and oxygen atoms in total. The van der Waals surface area contributed by atoms with Gasteiger partial charge in [-0.1, -0.05) is 18.2 Å². The second-order valence-corrected chi connectivity index (χ2v) is 5.44. The molecular formula is C15H18N2O3. The van der Waals surface area contributed by atoms with E-state index in [1.807, 2.05) is 29.2 Å². The minimum Gasteiger partial charge on any atom is -0.481 e. The van der Waals surface area contributed by atoms with Gasteiger partial charge in [-0.3, -0.25) is 9.69 Å². The number of urea groups is 1. The molecule has 1 atom stereocenters. The first kappa shape index (κ1) is 13.0. The number of anilines is 1. The zero-order valence-electron chi connectivity index (χ0n) is 11.3. The molecule has 5 heteroatoms. The number of amides is 2. The molecule has 0 spiro atoms. The number of hydrogen-bond donors (Lipinski definition) is 1. The van der Waals surface area contributed by atoms with Crippen LogP contribution in [0.2, 0.25) is 0 Å². The second kappa shape index (κ2) is 5.15. The van der Waals surface area contributed by atoms with Crippen LogP contribution in [-0.4, -0.2) is 41.6 Å². The number of likely N-dealkylation sites (tertiary alicyclic amines) is 1. The highest BCUT2D eigenvalue weighted by atomic mass is 16.4. The molecule has 106 valence electrons. The number of rotatable bonds is 2. The number of carboxylic acids is 1. The molecule has 1 aromatic carbocycles. The van der Waals surface area contributed by atoms with Crippen molar-refractivity contribution in [2.24, 2.45) is 0 Å². The highest BCUT2D eigenvalue weighted by molar-refractivity contribution is 5.95. The smallest absolute Gasteiger partial charge is 0.324 e. The fourth-order valence-electron chi connectivity index (χ4n) is 3.14. The van der Waals surface area contributed by atoms with E-state index in [1.54, 1.807) is 4.90 Å². The van der Waals surface area contributed by atoms with Crippen molar-refractivity contribution in [1.29, 1.82) is 0 Å². The molecule has 2 heterocycles. The van der Waals surface area contributed by atoms with Gasteiger partial charge in [0.05, 0.1) is 6.42 Å². The van der Waals surface area contributed by atoms with Crippen LogP contribution < -0.4 is 4.90 Å². The first-order valence-electron chi connectivity index (χ1n) is 7.04. The number of hydrogen-bond acceptors (Lipinski definition) is 2. The van der Waals surface area contributed by atoms with Crippen molar-refractivity contribution in [3.8, 4) is 0 Å². The van der Waals surface area contributed by atoms with E-state index < -0.39 is 5.97 Å². The lowest BCUT2D eigenvalue weighted by Crippen LogP contribution is -2.41. The summed E-state index contributed by atoms with van der Waals surface area (Å²) in [5.74, 6) is -0.921. The number of carbonyl (C=O) groups excluding carboxylic acids is 1. The van der Waals surface area contributed by atoms with Crippen molar-refractivity contribution in [1.82, 2.24) is 4.90 Å². The van der Waals surface area contributed by atoms with Crippen molar-refractivity contribution in [2.45, 2.75) is 25.2 Å². The van der Waals surface area contributed by atoms with E-state index in [1.165, 1.54) is 0 Å². The molecule has 20 heavy (non-hydrogen) atoms. The molecule has 0 aliphatic carbocycles. The normalized spacial score (nSPS) is 21.1. The first-order chi connectivity index (χ1) is 9.66. The van der Waals surface area contributed by atoms with Crippen LogP contribution in [0.15, 0.2) is 24.3 Å². The molecule has 0 bridgehead atoms. The molecule has 2 amide bonds. The van der Waals surface area contributed by atoms with E-state index in [9.17, 15) is 9.59 Å². The fraction of sp³-hybridized carbons (Fsp3) is 0.467. The average Bonchev–Trinajstić information content (AvgIpc) is 3.06. The molecule has 0 aromatic heterocycles. The highest BCUT2D eigenvalue weighted by Gasteiger charge is 2.35. The highest BCUT2D eigenvalue weighted by Crippen LogP contribution is 2.38. The topological polar surface area (TPSA) is 60.9 Å². The Morgan fingerprint density at radius 1 is 1.20 bits per heavy atom. The number of benzene rings is 1. The van der Waals surface area contributed by atoms with Gasteiger partial charge < -0.3 is 10.0 Å². The van der Waals surface area contributed by atoms with Crippen LogP contribution in [0, 0.1) is 0 Å². The van der Waals surface area contributed by atoms with Crippen molar-refractivity contribution in [2.75, 3.05) is 24.5 Å². The molecule has 3 rings (SSSR count). The summed E-state index contributed by atoms with van der Waals surface area (Å²) in [4.78, 5) is 27.1. The number of aliphatic carboxylic acids is 1. The van der Waals surface area contributed by atoms with Gasteiger partial charge in [0, 0.05) is 31.2 Å². The maximum atomic E-state index is 12.5. The van der Waals surface area contributed by atoms with Gasteiger partial charge in [-0.25, -0.2) is 4.79 Å². The van der Waals surface area contributed by atoms with Crippen LogP contribution in [0.25, 0.3) is 0 Å². The predicted octanol–water partition coefficient (Wildman–Crippen LogP) is 2.28. The van der Waals surface area contributed by atoms with Crippen LogP contribution in [0.4, 0.5) is 10.5 Å². The Bertz CT molecular complexity index is 538. The monoisotopic (exact) mass is 274 g/mol. The number of nitrogens with zero attached hydrogens (tertiary/aromatic N) is 2. The Balaban J connectivity index is 1.86. The third-order valence-corrected chi connectivity index (χ3v) is 4.10. The summed E-state index contributed by atoms with van der Waals surface area (Å²) in [6.07, 6.45) is 2.18. The molecular weight excluding hydrogens is 256 g/mol. The van der Waals surface area contributed by atoms with E-state index in [-0.39, 0.29) is 18.4 Å². The van der Waals surface area contributed by atoms with E-state index in [2.05, 4.69) is 0 Å². The molecule has 1 unspecified atom stereocenters. The minimum atomic E-state index is -0.819. The number of para-hydroxylation sites is 1. The molecule has 2 aliphatic rings. The molecule has 1 fully saturated rings. The molecule has 0 radical (unpaired) electrons. The van der Waals surface area contributed by atoms with Crippen LogP contribution in [0.3, 0.4) is 0 Å². The Morgan fingerprint density at radius 2 is 1.90 bits per heavy atom. The van der Waals surface area contributed by atoms with Crippen molar-refractivity contribution in [3.05, 3.63) is 29.8 Å². The van der Waals surface area contributed by atoms with E-state index >= 15 is 0 Å². The molecule has 0 saturated carbocycles. The summed E-state index contributed by atoms with van der Waals surface area (Å²) in [6.45, 7) is 2.09. The summed E-state index contributed by atoms with van der Waals surface area (Å²) < 4.78 is 0. The number of carbonyl (C=O) groups is 2. The quantitative estimate of drug-likeness (QED) is 0.900. The van der Waals surface area contributed by atoms with Gasteiger partial charge in [0.1, 0.15) is 0 Å². The third-order valence-electron chi connectivity index (χ3n) is 4.10. The average molecular weight is 274 g/mol. The SMILES string of the molecule is O=C(O)CC1CN(C(=O)N2CCCC2)c2ccccc21. The lowest BCUT2D eigenvalue weighted by Gasteiger charge is -2.24. The van der Waals surface area contributed by atoms with Gasteiger partial charge in [0.15, 0.2) is 0 Å². The second-order valence-electron chi connectivity index (χ2n) is 5.44. The maximum absolute atomic E-state index is 12.5. The van der Waals surface area contributed by atoms with E-state index in [4.69, 9.17) is 5.11 Å². The van der Waals surface area contributed by atoms with Crippen molar-refractivity contribution in [3.63, 3.8) is 0 Å². The van der Waals surface area contributed by atoms with E-state index in [0.717, 1.165) is 37.2 Å². The Labute approximate surface area is 117 Å². The van der Waals surface area contributed by atoms with Gasteiger partial charge in [0.25, 0.3) is 0 Å². The maximum Gasteiger partial charge on any atom is 0.324 e. The van der Waals surface area contributed by atoms with Gasteiger partial charge in [-0.2, -0.15) is 0 Å². The number of fused-ring (bicyclic) bond motifs is 1. The largest absolute Gasteiger partial charge is 0.481 e. The lowest BCUT2D eigenvalue weighted by molar-refractivity contribution is -0.137. The summed E-state index contributed by atoms with van der Waals surface area (Å²) in [5, 5.41) is 9.02. The number of carboxylic acid groups (broad SMARTS) is 1. The van der Waals surface area contributed by atoms with Crippen molar-refractivity contribution >= 4 is 17.7 Å².